The van der Waals surface area contributed by atoms with Gasteiger partial charge in [-0.15, -0.1) is 0 Å². The molecule has 1 aromatic carbocycles. The summed E-state index contributed by atoms with van der Waals surface area (Å²) in [4.78, 5) is 34.3. The maximum atomic E-state index is 12.6. The molecule has 2 aromatic heterocycles. The Labute approximate surface area is 177 Å². The number of aromatic nitrogens is 2. The smallest absolute Gasteiger partial charge is 0.270 e. The predicted octanol–water partition coefficient (Wildman–Crippen LogP) is 3.71. The minimum absolute atomic E-state index is 0.0325. The minimum atomic E-state index is -2.58. The van der Waals surface area contributed by atoms with Crippen molar-refractivity contribution in [3.8, 4) is 11.6 Å². The lowest BCUT2D eigenvalue weighted by atomic mass is 10.2. The Kier molecular flexibility index (Phi) is 5.75. The number of benzene rings is 1. The maximum Gasteiger partial charge on any atom is 0.270 e. The van der Waals surface area contributed by atoms with Crippen LogP contribution in [-0.2, 0) is 4.79 Å². The number of amides is 2. The van der Waals surface area contributed by atoms with E-state index in [9.17, 15) is 18.4 Å². The van der Waals surface area contributed by atoms with E-state index in [4.69, 9.17) is 4.74 Å². The average molecular weight is 426 g/mol. The average Bonchev–Trinajstić information content (AvgIpc) is 3.12. The molecule has 0 bridgehead atoms. The molecule has 4 rings (SSSR count). The standard InChI is InChI=1S/C22H20F2N4O3/c1-2-28-12-15(10-20(28)29)26-22(30)18-6-3-13-9-16(5-7-17(13)27-18)31-19-8-4-14(11-25-19)21(23)24/h3-9,11,15,21H,2,10,12H2,1H3,(H,26,30). The van der Waals surface area contributed by atoms with Gasteiger partial charge in [-0.2, -0.15) is 0 Å². The molecule has 31 heavy (non-hydrogen) atoms. The van der Waals surface area contributed by atoms with Gasteiger partial charge in [0, 0.05) is 42.7 Å². The van der Waals surface area contributed by atoms with Crippen LogP contribution in [0.1, 0.15) is 35.8 Å². The van der Waals surface area contributed by atoms with Gasteiger partial charge in [0.1, 0.15) is 11.4 Å². The number of rotatable bonds is 6. The quantitative estimate of drug-likeness (QED) is 0.650. The van der Waals surface area contributed by atoms with Crippen LogP contribution in [0, 0.1) is 0 Å². The van der Waals surface area contributed by atoms with E-state index >= 15 is 0 Å². The van der Waals surface area contributed by atoms with Crippen molar-refractivity contribution in [2.75, 3.05) is 13.1 Å². The van der Waals surface area contributed by atoms with E-state index in [0.29, 0.717) is 30.8 Å². The Hall–Kier alpha value is -3.62. The molecule has 2 amide bonds. The van der Waals surface area contributed by atoms with Gasteiger partial charge in [-0.25, -0.2) is 18.7 Å². The third-order valence-corrected chi connectivity index (χ3v) is 5.06. The Morgan fingerprint density at radius 2 is 2.10 bits per heavy atom. The zero-order valence-corrected chi connectivity index (χ0v) is 16.7. The van der Waals surface area contributed by atoms with E-state index in [1.807, 2.05) is 6.92 Å². The monoisotopic (exact) mass is 426 g/mol. The number of hydrogen-bond donors (Lipinski definition) is 1. The molecule has 0 radical (unpaired) electrons. The Bertz CT molecular complexity index is 1120. The summed E-state index contributed by atoms with van der Waals surface area (Å²) in [6.07, 6.45) is -1.22. The Morgan fingerprint density at radius 3 is 2.77 bits per heavy atom. The number of likely N-dealkylation sites (N-methyl/N-ethyl adjacent to an activating group) is 1. The van der Waals surface area contributed by atoms with Crippen molar-refractivity contribution < 1.29 is 23.1 Å². The molecule has 3 heterocycles. The number of pyridine rings is 2. The van der Waals surface area contributed by atoms with Crippen LogP contribution < -0.4 is 10.1 Å². The van der Waals surface area contributed by atoms with Crippen LogP contribution in [0.25, 0.3) is 10.9 Å². The van der Waals surface area contributed by atoms with Crippen molar-refractivity contribution in [2.45, 2.75) is 25.8 Å². The molecule has 0 spiro atoms. The van der Waals surface area contributed by atoms with Crippen molar-refractivity contribution in [3.63, 3.8) is 0 Å². The number of halogens is 2. The number of likely N-dealkylation sites (tertiary alicyclic amines) is 1. The molecule has 0 saturated carbocycles. The highest BCUT2D eigenvalue weighted by atomic mass is 19.3. The highest BCUT2D eigenvalue weighted by Crippen LogP contribution is 2.26. The Morgan fingerprint density at radius 1 is 1.26 bits per heavy atom. The normalized spacial score (nSPS) is 16.2. The van der Waals surface area contributed by atoms with Crippen LogP contribution >= 0.6 is 0 Å². The van der Waals surface area contributed by atoms with Gasteiger partial charge in [0.25, 0.3) is 12.3 Å². The van der Waals surface area contributed by atoms with Crippen molar-refractivity contribution >= 4 is 22.7 Å². The highest BCUT2D eigenvalue weighted by molar-refractivity contribution is 5.95. The zero-order chi connectivity index (χ0) is 22.0. The van der Waals surface area contributed by atoms with Crippen LogP contribution in [-0.4, -0.2) is 45.8 Å². The summed E-state index contributed by atoms with van der Waals surface area (Å²) in [6.45, 7) is 3.02. The van der Waals surface area contributed by atoms with Crippen LogP contribution in [0.3, 0.4) is 0 Å². The predicted molar refractivity (Wildman–Crippen MR) is 109 cm³/mol. The molecule has 160 valence electrons. The van der Waals surface area contributed by atoms with Crippen LogP contribution in [0.15, 0.2) is 48.7 Å². The number of hydrogen-bond acceptors (Lipinski definition) is 5. The SMILES string of the molecule is CCN1CC(NC(=O)c2ccc3cc(Oc4ccc(C(F)F)cn4)ccc3n2)CC1=O. The van der Waals surface area contributed by atoms with Gasteiger partial charge >= 0.3 is 0 Å². The van der Waals surface area contributed by atoms with Gasteiger partial charge in [-0.3, -0.25) is 9.59 Å². The van der Waals surface area contributed by atoms with E-state index in [-0.39, 0.29) is 35.0 Å². The molecule has 0 aliphatic carbocycles. The number of fused-ring (bicyclic) bond motifs is 1. The first-order valence-electron chi connectivity index (χ1n) is 9.84. The third kappa shape index (κ3) is 4.60. The van der Waals surface area contributed by atoms with E-state index in [2.05, 4.69) is 15.3 Å². The molecule has 1 aliphatic rings. The molecule has 1 saturated heterocycles. The molecule has 1 fully saturated rings. The van der Waals surface area contributed by atoms with Gasteiger partial charge in [-0.05, 0) is 37.3 Å². The van der Waals surface area contributed by atoms with Gasteiger partial charge in [0.15, 0.2) is 0 Å². The van der Waals surface area contributed by atoms with Crippen molar-refractivity contribution in [1.29, 1.82) is 0 Å². The van der Waals surface area contributed by atoms with Crippen molar-refractivity contribution in [1.82, 2.24) is 20.2 Å². The lowest BCUT2D eigenvalue weighted by molar-refractivity contribution is -0.127. The minimum Gasteiger partial charge on any atom is -0.439 e. The van der Waals surface area contributed by atoms with Crippen LogP contribution in [0.5, 0.6) is 11.6 Å². The van der Waals surface area contributed by atoms with Crippen molar-refractivity contribution in [2.24, 2.45) is 0 Å². The summed E-state index contributed by atoms with van der Waals surface area (Å²) in [6, 6.07) is 10.9. The largest absolute Gasteiger partial charge is 0.439 e. The number of nitrogens with one attached hydrogen (secondary N) is 1. The van der Waals surface area contributed by atoms with Gasteiger partial charge < -0.3 is 15.0 Å². The van der Waals surface area contributed by atoms with Crippen molar-refractivity contribution in [3.05, 3.63) is 59.9 Å². The number of ether oxygens (including phenoxy) is 1. The fourth-order valence-corrected chi connectivity index (χ4v) is 3.43. The topological polar surface area (TPSA) is 84.4 Å². The number of carbonyl (C=O) groups is 2. The van der Waals surface area contributed by atoms with Gasteiger partial charge in [0.2, 0.25) is 11.8 Å². The first-order valence-corrected chi connectivity index (χ1v) is 9.84. The summed E-state index contributed by atoms with van der Waals surface area (Å²) >= 11 is 0. The maximum absolute atomic E-state index is 12.6. The molecule has 7 nitrogen and oxygen atoms in total. The fraction of sp³-hybridized carbons (Fsp3) is 0.273. The summed E-state index contributed by atoms with van der Waals surface area (Å²) < 4.78 is 30.9. The second kappa shape index (κ2) is 8.63. The first-order chi connectivity index (χ1) is 14.9. The first kappa shape index (κ1) is 20.6. The highest BCUT2D eigenvalue weighted by Gasteiger charge is 2.29. The lowest BCUT2D eigenvalue weighted by Gasteiger charge is -2.14. The molecule has 1 atom stereocenters. The van der Waals surface area contributed by atoms with Crippen LogP contribution in [0.4, 0.5) is 8.78 Å². The van der Waals surface area contributed by atoms with E-state index in [1.165, 1.54) is 12.1 Å². The summed E-state index contributed by atoms with van der Waals surface area (Å²) in [5.74, 6) is 0.360. The summed E-state index contributed by atoms with van der Waals surface area (Å²) in [5, 5.41) is 3.60. The molecule has 1 N–H and O–H groups in total. The fourth-order valence-electron chi connectivity index (χ4n) is 3.43. The number of carbonyl (C=O) groups excluding carboxylic acids is 2. The third-order valence-electron chi connectivity index (χ3n) is 5.06. The lowest BCUT2D eigenvalue weighted by Crippen LogP contribution is -2.37. The molecule has 1 unspecified atom stereocenters. The summed E-state index contributed by atoms with van der Waals surface area (Å²) in [7, 11) is 0. The van der Waals surface area contributed by atoms with E-state index in [0.717, 1.165) is 11.6 Å². The van der Waals surface area contributed by atoms with Crippen LogP contribution in [0.2, 0.25) is 0 Å². The van der Waals surface area contributed by atoms with E-state index < -0.39 is 6.43 Å². The zero-order valence-electron chi connectivity index (χ0n) is 16.7. The number of alkyl halides is 2. The summed E-state index contributed by atoms with van der Waals surface area (Å²) in [5.41, 5.74) is 0.678. The Balaban J connectivity index is 1.45. The van der Waals surface area contributed by atoms with E-state index in [1.54, 1.807) is 35.2 Å². The number of nitrogens with zero attached hydrogens (tertiary/aromatic N) is 3. The second-order valence-electron chi connectivity index (χ2n) is 7.19. The molecule has 3 aromatic rings. The van der Waals surface area contributed by atoms with Gasteiger partial charge in [-0.1, -0.05) is 6.07 Å². The second-order valence-corrected chi connectivity index (χ2v) is 7.19. The van der Waals surface area contributed by atoms with Gasteiger partial charge in [0.05, 0.1) is 11.6 Å². The molecular weight excluding hydrogens is 406 g/mol. The molecular formula is C22H20F2N4O3. The molecule has 9 heteroatoms. The molecule has 1 aliphatic heterocycles.